The average Bonchev–Trinajstić information content (AvgIpc) is 3.29. The van der Waals surface area contributed by atoms with Crippen molar-refractivity contribution in [3.05, 3.63) is 46.0 Å². The van der Waals surface area contributed by atoms with Crippen LogP contribution in [0.2, 0.25) is 0 Å². The summed E-state index contributed by atoms with van der Waals surface area (Å²) in [6.45, 7) is 2.21. The fourth-order valence-electron chi connectivity index (χ4n) is 4.16. The minimum atomic E-state index is -0.429. The van der Waals surface area contributed by atoms with E-state index in [0.29, 0.717) is 17.9 Å². The van der Waals surface area contributed by atoms with Gasteiger partial charge in [0.05, 0.1) is 11.6 Å². The molecular formula is C20H23N3O4. The van der Waals surface area contributed by atoms with Crippen LogP contribution in [0.4, 0.5) is 0 Å². The maximum Gasteiger partial charge on any atom is 0.311 e. The van der Waals surface area contributed by atoms with Gasteiger partial charge in [-0.2, -0.15) is 0 Å². The minimum Gasteiger partial charge on any atom is -0.459 e. The highest BCUT2D eigenvalue weighted by Crippen LogP contribution is 2.30. The number of aromatic nitrogens is 2. The predicted molar refractivity (Wildman–Crippen MR) is 98.1 cm³/mol. The summed E-state index contributed by atoms with van der Waals surface area (Å²) in [6.07, 6.45) is 4.55. The van der Waals surface area contributed by atoms with Gasteiger partial charge in [0.15, 0.2) is 0 Å². The average molecular weight is 369 g/mol. The molecule has 1 aliphatic heterocycles. The quantitative estimate of drug-likeness (QED) is 0.768. The van der Waals surface area contributed by atoms with E-state index in [1.165, 1.54) is 10.5 Å². The van der Waals surface area contributed by atoms with Crippen molar-refractivity contribution in [2.24, 2.45) is 5.92 Å². The Balaban J connectivity index is 1.42. The molecule has 0 N–H and O–H groups in total. The Labute approximate surface area is 157 Å². The lowest BCUT2D eigenvalue weighted by molar-refractivity contribution is -0.149. The Bertz CT molecular complexity index is 946. The Morgan fingerprint density at radius 1 is 1.26 bits per heavy atom. The zero-order valence-electron chi connectivity index (χ0n) is 15.4. The Hall–Kier alpha value is -2.70. The van der Waals surface area contributed by atoms with Crippen LogP contribution >= 0.6 is 0 Å². The minimum absolute atomic E-state index is 0.0430. The number of rotatable bonds is 4. The van der Waals surface area contributed by atoms with Gasteiger partial charge in [-0.3, -0.25) is 18.8 Å². The maximum absolute atomic E-state index is 12.4. The zero-order valence-corrected chi connectivity index (χ0v) is 15.4. The number of pyridine rings is 1. The van der Waals surface area contributed by atoms with Crippen LogP contribution in [0.1, 0.15) is 43.5 Å². The molecule has 4 rings (SSSR count). The first kappa shape index (κ1) is 17.7. The van der Waals surface area contributed by atoms with Crippen molar-refractivity contribution in [3.8, 4) is 0 Å². The van der Waals surface area contributed by atoms with E-state index in [9.17, 15) is 14.4 Å². The Morgan fingerprint density at radius 2 is 2.04 bits per heavy atom. The number of nitrogens with zero attached hydrogens (tertiary/aromatic N) is 3. The summed E-state index contributed by atoms with van der Waals surface area (Å²) in [5.74, 6) is -0.779. The van der Waals surface area contributed by atoms with Crippen molar-refractivity contribution in [2.75, 3.05) is 6.54 Å². The number of carbonyl (C=O) groups excluding carboxylic acids is 2. The highest BCUT2D eigenvalue weighted by atomic mass is 16.5. The molecule has 2 fully saturated rings. The number of hydrogen-bond donors (Lipinski definition) is 0. The van der Waals surface area contributed by atoms with E-state index in [-0.39, 0.29) is 30.5 Å². The first-order valence-corrected chi connectivity index (χ1v) is 9.47. The van der Waals surface area contributed by atoms with E-state index in [1.807, 2.05) is 24.0 Å². The van der Waals surface area contributed by atoms with Crippen molar-refractivity contribution in [1.29, 1.82) is 0 Å². The van der Waals surface area contributed by atoms with E-state index in [1.54, 1.807) is 6.07 Å². The lowest BCUT2D eigenvalue weighted by Crippen LogP contribution is -2.35. The van der Waals surface area contributed by atoms with Crippen LogP contribution < -0.4 is 5.56 Å². The molecule has 7 heteroatoms. The van der Waals surface area contributed by atoms with Gasteiger partial charge in [-0.25, -0.2) is 4.98 Å². The maximum atomic E-state index is 12.4. The van der Waals surface area contributed by atoms with Crippen molar-refractivity contribution in [3.63, 3.8) is 0 Å². The van der Waals surface area contributed by atoms with Gasteiger partial charge in [0.25, 0.3) is 5.56 Å². The SMILES string of the molecule is Cc1cccc2nc(COC(=O)[C@@H]3CC(=O)N(C4CCCC4)C3)cc(=O)n12. The molecule has 2 aromatic heterocycles. The molecule has 2 aliphatic rings. The Morgan fingerprint density at radius 3 is 2.81 bits per heavy atom. The molecule has 1 aliphatic carbocycles. The van der Waals surface area contributed by atoms with Crippen LogP contribution in [0.15, 0.2) is 29.1 Å². The second-order valence-corrected chi connectivity index (χ2v) is 7.44. The molecule has 27 heavy (non-hydrogen) atoms. The van der Waals surface area contributed by atoms with Crippen LogP contribution in [-0.2, 0) is 20.9 Å². The smallest absolute Gasteiger partial charge is 0.311 e. The van der Waals surface area contributed by atoms with Crippen molar-refractivity contribution in [2.45, 2.75) is 51.7 Å². The number of ether oxygens (including phenoxy) is 1. The summed E-state index contributed by atoms with van der Waals surface area (Å²) >= 11 is 0. The van der Waals surface area contributed by atoms with Gasteiger partial charge >= 0.3 is 5.97 Å². The number of aryl methyl sites for hydroxylation is 1. The third-order valence-corrected chi connectivity index (χ3v) is 5.55. The molecule has 0 aromatic carbocycles. The molecule has 7 nitrogen and oxygen atoms in total. The van der Waals surface area contributed by atoms with Crippen LogP contribution in [-0.4, -0.2) is 38.7 Å². The number of likely N-dealkylation sites (tertiary alicyclic amines) is 1. The lowest BCUT2D eigenvalue weighted by Gasteiger charge is -2.23. The molecule has 0 spiro atoms. The predicted octanol–water partition coefficient (Wildman–Crippen LogP) is 1.84. The standard InChI is InChI=1S/C20H23N3O4/c1-13-5-4-8-17-21-15(10-19(25)23(13)17)12-27-20(26)14-9-18(24)22(11-14)16-6-2-3-7-16/h4-5,8,10,14,16H,2-3,6-7,9,11-12H2,1H3/t14-/m1/s1. The summed E-state index contributed by atoms with van der Waals surface area (Å²) in [7, 11) is 0. The van der Waals surface area contributed by atoms with E-state index in [2.05, 4.69) is 4.98 Å². The van der Waals surface area contributed by atoms with Crippen molar-refractivity contribution >= 4 is 17.5 Å². The first-order valence-electron chi connectivity index (χ1n) is 9.47. The van der Waals surface area contributed by atoms with Crippen LogP contribution in [0.3, 0.4) is 0 Å². The lowest BCUT2D eigenvalue weighted by atomic mass is 10.1. The van der Waals surface area contributed by atoms with Crippen LogP contribution in [0.25, 0.3) is 5.65 Å². The highest BCUT2D eigenvalue weighted by Gasteiger charge is 2.39. The van der Waals surface area contributed by atoms with Gasteiger partial charge in [0.1, 0.15) is 12.3 Å². The molecule has 1 atom stereocenters. The number of carbonyl (C=O) groups is 2. The molecule has 1 saturated heterocycles. The molecular weight excluding hydrogens is 346 g/mol. The Kier molecular flexibility index (Phi) is 4.68. The van der Waals surface area contributed by atoms with E-state index < -0.39 is 11.9 Å². The van der Waals surface area contributed by atoms with Gasteiger partial charge in [-0.15, -0.1) is 0 Å². The van der Waals surface area contributed by atoms with Gasteiger partial charge < -0.3 is 9.64 Å². The van der Waals surface area contributed by atoms with Gasteiger partial charge in [-0.05, 0) is 31.9 Å². The number of fused-ring (bicyclic) bond motifs is 1. The van der Waals surface area contributed by atoms with E-state index in [0.717, 1.165) is 31.4 Å². The summed E-state index contributed by atoms with van der Waals surface area (Å²) < 4.78 is 6.89. The molecule has 142 valence electrons. The number of amides is 1. The van der Waals surface area contributed by atoms with E-state index >= 15 is 0 Å². The van der Waals surface area contributed by atoms with Crippen molar-refractivity contribution < 1.29 is 14.3 Å². The fourth-order valence-corrected chi connectivity index (χ4v) is 4.16. The third kappa shape index (κ3) is 3.46. The molecule has 2 aromatic rings. The second-order valence-electron chi connectivity index (χ2n) is 7.44. The normalized spacial score (nSPS) is 20.6. The summed E-state index contributed by atoms with van der Waals surface area (Å²) in [5, 5.41) is 0. The molecule has 1 saturated carbocycles. The molecule has 3 heterocycles. The fraction of sp³-hybridized carbons (Fsp3) is 0.500. The summed E-state index contributed by atoms with van der Waals surface area (Å²) in [4.78, 5) is 43.2. The van der Waals surface area contributed by atoms with Gasteiger partial charge in [0, 0.05) is 30.8 Å². The summed E-state index contributed by atoms with van der Waals surface area (Å²) in [6, 6.07) is 7.07. The molecule has 0 unspecified atom stereocenters. The largest absolute Gasteiger partial charge is 0.459 e. The zero-order chi connectivity index (χ0) is 19.0. The summed E-state index contributed by atoms with van der Waals surface area (Å²) in [5.41, 5.74) is 1.53. The molecule has 1 amide bonds. The second kappa shape index (κ2) is 7.13. The molecule has 0 radical (unpaired) electrons. The third-order valence-electron chi connectivity index (χ3n) is 5.55. The van der Waals surface area contributed by atoms with Gasteiger partial charge in [0.2, 0.25) is 5.91 Å². The van der Waals surface area contributed by atoms with Crippen molar-refractivity contribution in [1.82, 2.24) is 14.3 Å². The topological polar surface area (TPSA) is 81.0 Å². The van der Waals surface area contributed by atoms with Gasteiger partial charge in [-0.1, -0.05) is 18.9 Å². The number of hydrogen-bond acceptors (Lipinski definition) is 5. The highest BCUT2D eigenvalue weighted by molar-refractivity contribution is 5.87. The molecule has 0 bridgehead atoms. The van der Waals surface area contributed by atoms with Crippen LogP contribution in [0.5, 0.6) is 0 Å². The van der Waals surface area contributed by atoms with E-state index in [4.69, 9.17) is 4.74 Å². The van der Waals surface area contributed by atoms with Crippen LogP contribution in [0, 0.1) is 12.8 Å². The monoisotopic (exact) mass is 369 g/mol. The number of esters is 1. The first-order chi connectivity index (χ1) is 13.0.